The number of rotatable bonds is 4. The third-order valence-electron chi connectivity index (χ3n) is 5.55. The van der Waals surface area contributed by atoms with Gasteiger partial charge in [0, 0.05) is 44.0 Å². The molecule has 1 aromatic carbocycles. The zero-order valence-corrected chi connectivity index (χ0v) is 17.4. The lowest BCUT2D eigenvalue weighted by Crippen LogP contribution is -2.55. The van der Waals surface area contributed by atoms with Gasteiger partial charge in [-0.15, -0.1) is 24.8 Å². The van der Waals surface area contributed by atoms with Gasteiger partial charge in [0.05, 0.1) is 6.04 Å². The van der Waals surface area contributed by atoms with Crippen LogP contribution in [-0.2, 0) is 4.79 Å². The smallest absolute Gasteiger partial charge is 0.237 e. The summed E-state index contributed by atoms with van der Waals surface area (Å²) in [5.41, 5.74) is 6.97. The monoisotopic (exact) mass is 420 g/mol. The molecule has 27 heavy (non-hydrogen) atoms. The van der Waals surface area contributed by atoms with Gasteiger partial charge in [-0.1, -0.05) is 0 Å². The van der Waals surface area contributed by atoms with Crippen LogP contribution in [0.5, 0.6) is 0 Å². The number of anilines is 1. The molecule has 1 saturated heterocycles. The van der Waals surface area contributed by atoms with Crippen molar-refractivity contribution in [1.29, 1.82) is 0 Å². The first-order valence-electron chi connectivity index (χ1n) is 9.33. The second-order valence-corrected chi connectivity index (χ2v) is 7.30. The predicted molar refractivity (Wildman–Crippen MR) is 113 cm³/mol. The SMILES string of the molecule is CC(C(=O)NC1CCC(N)CC1)N1CCN(c2ccc(F)cc2)CC1.Cl.Cl. The molecule has 1 unspecified atom stereocenters. The summed E-state index contributed by atoms with van der Waals surface area (Å²) in [6.45, 7) is 5.35. The van der Waals surface area contributed by atoms with Gasteiger partial charge in [-0.05, 0) is 56.9 Å². The summed E-state index contributed by atoms with van der Waals surface area (Å²) in [5, 5.41) is 3.19. The van der Waals surface area contributed by atoms with E-state index in [9.17, 15) is 9.18 Å². The van der Waals surface area contributed by atoms with E-state index in [1.807, 2.05) is 19.1 Å². The van der Waals surface area contributed by atoms with E-state index in [2.05, 4.69) is 15.1 Å². The number of amides is 1. The fourth-order valence-corrected chi connectivity index (χ4v) is 3.77. The molecule has 3 rings (SSSR count). The Labute approximate surface area is 173 Å². The molecule has 0 radical (unpaired) electrons. The maximum Gasteiger partial charge on any atom is 0.237 e. The normalized spacial score (nSPS) is 24.3. The molecule has 8 heteroatoms. The maximum absolute atomic E-state index is 13.0. The molecule has 5 nitrogen and oxygen atoms in total. The summed E-state index contributed by atoms with van der Waals surface area (Å²) in [6.07, 6.45) is 3.96. The minimum atomic E-state index is -0.212. The molecule has 0 aromatic heterocycles. The van der Waals surface area contributed by atoms with E-state index in [0.29, 0.717) is 6.04 Å². The highest BCUT2D eigenvalue weighted by atomic mass is 35.5. The lowest BCUT2D eigenvalue weighted by molar-refractivity contribution is -0.127. The Kier molecular flexibility index (Phi) is 9.81. The first-order valence-corrected chi connectivity index (χ1v) is 9.33. The number of halogens is 3. The summed E-state index contributed by atoms with van der Waals surface area (Å²) < 4.78 is 13.0. The number of carbonyl (C=O) groups excluding carboxylic acids is 1. The topological polar surface area (TPSA) is 61.6 Å². The van der Waals surface area contributed by atoms with Crippen LogP contribution in [0.4, 0.5) is 10.1 Å². The molecule has 1 amide bonds. The number of nitrogens with zero attached hydrogens (tertiary/aromatic N) is 2. The summed E-state index contributed by atoms with van der Waals surface area (Å²) in [7, 11) is 0. The highest BCUT2D eigenvalue weighted by Gasteiger charge is 2.28. The number of benzene rings is 1. The number of carbonyl (C=O) groups is 1. The highest BCUT2D eigenvalue weighted by molar-refractivity contribution is 5.85. The van der Waals surface area contributed by atoms with E-state index in [1.165, 1.54) is 12.1 Å². The van der Waals surface area contributed by atoms with Crippen molar-refractivity contribution in [3.63, 3.8) is 0 Å². The van der Waals surface area contributed by atoms with Gasteiger partial charge in [0.1, 0.15) is 5.82 Å². The largest absolute Gasteiger partial charge is 0.369 e. The van der Waals surface area contributed by atoms with Gasteiger partial charge in [-0.25, -0.2) is 4.39 Å². The standard InChI is InChI=1S/C19H29FN4O.2ClH/c1-14(19(25)22-17-6-4-16(21)5-7-17)23-10-12-24(13-11-23)18-8-2-15(20)3-9-18;;/h2-3,8-9,14,16-17H,4-7,10-13,21H2,1H3,(H,22,25);2*1H. The molecule has 0 bridgehead atoms. The lowest BCUT2D eigenvalue weighted by Gasteiger charge is -2.39. The first kappa shape index (κ1) is 24.0. The van der Waals surface area contributed by atoms with Crippen molar-refractivity contribution in [3.05, 3.63) is 30.1 Å². The minimum absolute atomic E-state index is 0. The van der Waals surface area contributed by atoms with Crippen molar-refractivity contribution in [2.24, 2.45) is 5.73 Å². The van der Waals surface area contributed by atoms with E-state index in [-0.39, 0.29) is 48.6 Å². The Morgan fingerprint density at radius 3 is 2.19 bits per heavy atom. The average Bonchev–Trinajstić information content (AvgIpc) is 2.64. The van der Waals surface area contributed by atoms with Crippen molar-refractivity contribution in [3.8, 4) is 0 Å². The Morgan fingerprint density at radius 1 is 1.07 bits per heavy atom. The van der Waals surface area contributed by atoms with Gasteiger partial charge in [0.2, 0.25) is 5.91 Å². The van der Waals surface area contributed by atoms with Gasteiger partial charge < -0.3 is 16.0 Å². The molecule has 2 aliphatic rings. The molecule has 1 aliphatic carbocycles. The highest BCUT2D eigenvalue weighted by Crippen LogP contribution is 2.19. The molecule has 1 heterocycles. The lowest BCUT2D eigenvalue weighted by atomic mass is 9.91. The van der Waals surface area contributed by atoms with Crippen LogP contribution in [0, 0.1) is 5.82 Å². The van der Waals surface area contributed by atoms with E-state index in [0.717, 1.165) is 57.5 Å². The molecule has 1 saturated carbocycles. The second-order valence-electron chi connectivity index (χ2n) is 7.30. The third-order valence-corrected chi connectivity index (χ3v) is 5.55. The van der Waals surface area contributed by atoms with Crippen LogP contribution in [0.2, 0.25) is 0 Å². The molecule has 154 valence electrons. The van der Waals surface area contributed by atoms with Crippen molar-refractivity contribution >= 4 is 36.4 Å². The molecular formula is C19H31Cl2FN4O. The average molecular weight is 421 g/mol. The zero-order valence-electron chi connectivity index (χ0n) is 15.8. The van der Waals surface area contributed by atoms with Crippen LogP contribution in [0.25, 0.3) is 0 Å². The molecule has 0 spiro atoms. The fourth-order valence-electron chi connectivity index (χ4n) is 3.77. The van der Waals surface area contributed by atoms with Gasteiger partial charge in [-0.3, -0.25) is 9.69 Å². The molecular weight excluding hydrogens is 390 g/mol. The third kappa shape index (κ3) is 6.49. The van der Waals surface area contributed by atoms with Gasteiger partial charge >= 0.3 is 0 Å². The van der Waals surface area contributed by atoms with Crippen LogP contribution >= 0.6 is 24.8 Å². The van der Waals surface area contributed by atoms with E-state index < -0.39 is 0 Å². The van der Waals surface area contributed by atoms with Crippen LogP contribution in [-0.4, -0.2) is 55.1 Å². The van der Waals surface area contributed by atoms with Crippen molar-refractivity contribution in [1.82, 2.24) is 10.2 Å². The quantitative estimate of drug-likeness (QED) is 0.785. The van der Waals surface area contributed by atoms with Crippen LogP contribution in [0.15, 0.2) is 24.3 Å². The minimum Gasteiger partial charge on any atom is -0.369 e. The van der Waals surface area contributed by atoms with Gasteiger partial charge in [-0.2, -0.15) is 0 Å². The van der Waals surface area contributed by atoms with Crippen molar-refractivity contribution in [2.75, 3.05) is 31.1 Å². The Hall–Kier alpha value is -1.08. The summed E-state index contributed by atoms with van der Waals surface area (Å²) in [6, 6.07) is 7.07. The van der Waals surface area contributed by atoms with E-state index >= 15 is 0 Å². The summed E-state index contributed by atoms with van der Waals surface area (Å²) >= 11 is 0. The maximum atomic E-state index is 13.0. The van der Waals surface area contributed by atoms with Gasteiger partial charge in [0.15, 0.2) is 0 Å². The van der Waals surface area contributed by atoms with Crippen LogP contribution < -0.4 is 16.0 Å². The second kappa shape index (κ2) is 11.1. The molecule has 3 N–H and O–H groups in total. The molecule has 1 aromatic rings. The van der Waals surface area contributed by atoms with Crippen LogP contribution in [0.3, 0.4) is 0 Å². The number of nitrogens with two attached hydrogens (primary N) is 1. The Balaban J connectivity index is 0.00000182. The number of piperazine rings is 1. The van der Waals surface area contributed by atoms with Crippen LogP contribution in [0.1, 0.15) is 32.6 Å². The number of hydrogen-bond acceptors (Lipinski definition) is 4. The molecule has 1 atom stereocenters. The molecule has 2 fully saturated rings. The first-order chi connectivity index (χ1) is 12.0. The zero-order chi connectivity index (χ0) is 17.8. The van der Waals surface area contributed by atoms with Crippen molar-refractivity contribution < 1.29 is 9.18 Å². The Bertz CT molecular complexity index is 574. The van der Waals surface area contributed by atoms with E-state index in [1.54, 1.807) is 0 Å². The van der Waals surface area contributed by atoms with E-state index in [4.69, 9.17) is 5.73 Å². The number of hydrogen-bond donors (Lipinski definition) is 2. The summed E-state index contributed by atoms with van der Waals surface area (Å²) in [4.78, 5) is 17.0. The Morgan fingerprint density at radius 2 is 1.63 bits per heavy atom. The van der Waals surface area contributed by atoms with Crippen molar-refractivity contribution in [2.45, 2.75) is 50.7 Å². The molecule has 1 aliphatic heterocycles. The summed E-state index contributed by atoms with van der Waals surface area (Å²) in [5.74, 6) is -0.0907. The number of nitrogens with one attached hydrogen (secondary N) is 1. The fraction of sp³-hybridized carbons (Fsp3) is 0.632. The van der Waals surface area contributed by atoms with Gasteiger partial charge in [0.25, 0.3) is 0 Å². The predicted octanol–water partition coefficient (Wildman–Crippen LogP) is 2.57.